The number of carboxylic acids is 1. The van der Waals surface area contributed by atoms with E-state index in [9.17, 15) is 9.59 Å². The molecule has 16 heavy (non-hydrogen) atoms. The van der Waals surface area contributed by atoms with Crippen LogP contribution in [0.25, 0.3) is 0 Å². The van der Waals surface area contributed by atoms with Crippen molar-refractivity contribution in [3.63, 3.8) is 0 Å². The van der Waals surface area contributed by atoms with Gasteiger partial charge in [0.2, 0.25) is 5.91 Å². The predicted octanol–water partition coefficient (Wildman–Crippen LogP) is 1.53. The number of thiophene rings is 1. The van der Waals surface area contributed by atoms with Crippen molar-refractivity contribution in [1.29, 1.82) is 0 Å². The van der Waals surface area contributed by atoms with Gasteiger partial charge in [-0.2, -0.15) is 0 Å². The second kappa shape index (κ2) is 4.43. The van der Waals surface area contributed by atoms with Gasteiger partial charge in [-0.25, -0.2) is 0 Å². The SMILES string of the molecule is O=C1CC(C(=O)O)C(Cc2ccsc2Cl)N1. The minimum Gasteiger partial charge on any atom is -0.481 e. The highest BCUT2D eigenvalue weighted by Crippen LogP contribution is 2.27. The third kappa shape index (κ3) is 2.20. The van der Waals surface area contributed by atoms with E-state index >= 15 is 0 Å². The number of hydrogen-bond acceptors (Lipinski definition) is 3. The van der Waals surface area contributed by atoms with Gasteiger partial charge in [-0.05, 0) is 23.4 Å². The summed E-state index contributed by atoms with van der Waals surface area (Å²) in [5.74, 6) is -1.79. The van der Waals surface area contributed by atoms with Crippen molar-refractivity contribution in [2.75, 3.05) is 0 Å². The highest BCUT2D eigenvalue weighted by Gasteiger charge is 2.37. The number of nitrogens with one attached hydrogen (secondary N) is 1. The molecule has 2 atom stereocenters. The van der Waals surface area contributed by atoms with E-state index in [1.54, 1.807) is 0 Å². The number of carbonyl (C=O) groups excluding carboxylic acids is 1. The zero-order valence-electron chi connectivity index (χ0n) is 8.27. The van der Waals surface area contributed by atoms with Crippen LogP contribution in [0.1, 0.15) is 12.0 Å². The molecule has 0 spiro atoms. The summed E-state index contributed by atoms with van der Waals surface area (Å²) < 4.78 is 0.658. The van der Waals surface area contributed by atoms with Crippen LogP contribution in [0.3, 0.4) is 0 Å². The summed E-state index contributed by atoms with van der Waals surface area (Å²) in [6, 6.07) is 1.51. The van der Waals surface area contributed by atoms with Crippen molar-refractivity contribution >= 4 is 34.8 Å². The lowest BCUT2D eigenvalue weighted by atomic mass is 9.96. The van der Waals surface area contributed by atoms with Crippen molar-refractivity contribution in [2.45, 2.75) is 18.9 Å². The lowest BCUT2D eigenvalue weighted by Gasteiger charge is -2.14. The van der Waals surface area contributed by atoms with E-state index < -0.39 is 11.9 Å². The van der Waals surface area contributed by atoms with Crippen molar-refractivity contribution in [2.24, 2.45) is 5.92 Å². The third-order valence-electron chi connectivity index (χ3n) is 2.69. The van der Waals surface area contributed by atoms with Crippen molar-refractivity contribution < 1.29 is 14.7 Å². The molecule has 1 aromatic heterocycles. The molecular weight excluding hydrogens is 250 g/mol. The Hall–Kier alpha value is -1.07. The van der Waals surface area contributed by atoms with Gasteiger partial charge < -0.3 is 10.4 Å². The number of halogens is 1. The van der Waals surface area contributed by atoms with E-state index in [2.05, 4.69) is 5.32 Å². The van der Waals surface area contributed by atoms with E-state index in [0.29, 0.717) is 10.8 Å². The second-order valence-electron chi connectivity index (χ2n) is 3.75. The van der Waals surface area contributed by atoms with Crippen molar-refractivity contribution in [3.8, 4) is 0 Å². The van der Waals surface area contributed by atoms with Gasteiger partial charge >= 0.3 is 5.97 Å². The Morgan fingerprint density at radius 1 is 1.69 bits per heavy atom. The quantitative estimate of drug-likeness (QED) is 0.865. The van der Waals surface area contributed by atoms with Gasteiger partial charge in [0.25, 0.3) is 0 Å². The summed E-state index contributed by atoms with van der Waals surface area (Å²) in [6.45, 7) is 0. The van der Waals surface area contributed by atoms with Crippen LogP contribution in [0.5, 0.6) is 0 Å². The zero-order chi connectivity index (χ0) is 11.7. The molecule has 4 nitrogen and oxygen atoms in total. The highest BCUT2D eigenvalue weighted by atomic mass is 35.5. The zero-order valence-corrected chi connectivity index (χ0v) is 9.85. The molecule has 0 aliphatic carbocycles. The van der Waals surface area contributed by atoms with Crippen LogP contribution in [0, 0.1) is 5.92 Å². The van der Waals surface area contributed by atoms with Gasteiger partial charge in [0.05, 0.1) is 10.3 Å². The molecule has 1 amide bonds. The summed E-state index contributed by atoms with van der Waals surface area (Å²) in [5, 5.41) is 13.5. The van der Waals surface area contributed by atoms with Gasteiger partial charge in [0.15, 0.2) is 0 Å². The summed E-state index contributed by atoms with van der Waals surface area (Å²) in [4.78, 5) is 22.1. The third-order valence-corrected chi connectivity index (χ3v) is 3.94. The predicted molar refractivity (Wildman–Crippen MR) is 60.7 cm³/mol. The molecule has 0 saturated carbocycles. The fourth-order valence-corrected chi connectivity index (χ4v) is 2.81. The average molecular weight is 260 g/mol. The van der Waals surface area contributed by atoms with Crippen LogP contribution in [-0.2, 0) is 16.0 Å². The smallest absolute Gasteiger partial charge is 0.309 e. The standard InChI is InChI=1S/C10H10ClNO3S/c11-9-5(1-2-16-9)3-7-6(10(14)15)4-8(13)12-7/h1-2,6-7H,3-4H2,(H,12,13)(H,14,15). The molecule has 1 aliphatic heterocycles. The number of rotatable bonds is 3. The molecule has 86 valence electrons. The lowest BCUT2D eigenvalue weighted by molar-refractivity contribution is -0.142. The molecule has 1 saturated heterocycles. The maximum absolute atomic E-state index is 11.2. The fourth-order valence-electron chi connectivity index (χ4n) is 1.86. The molecule has 0 bridgehead atoms. The normalized spacial score (nSPS) is 24.4. The second-order valence-corrected chi connectivity index (χ2v) is 5.26. The molecule has 2 rings (SSSR count). The first-order valence-corrected chi connectivity index (χ1v) is 6.07. The monoisotopic (exact) mass is 259 g/mol. The highest BCUT2D eigenvalue weighted by molar-refractivity contribution is 7.14. The molecule has 6 heteroatoms. The molecule has 2 N–H and O–H groups in total. The lowest BCUT2D eigenvalue weighted by Crippen LogP contribution is -2.34. The van der Waals surface area contributed by atoms with Gasteiger partial charge in [0.1, 0.15) is 0 Å². The molecule has 1 aromatic rings. The Kier molecular flexibility index (Phi) is 3.16. The van der Waals surface area contributed by atoms with Crippen LogP contribution in [-0.4, -0.2) is 23.0 Å². The Labute approximate surface area is 101 Å². The van der Waals surface area contributed by atoms with Gasteiger partial charge in [-0.3, -0.25) is 9.59 Å². The van der Waals surface area contributed by atoms with Gasteiger partial charge in [-0.15, -0.1) is 11.3 Å². The van der Waals surface area contributed by atoms with Crippen LogP contribution < -0.4 is 5.32 Å². The number of carbonyl (C=O) groups is 2. The van der Waals surface area contributed by atoms with E-state index in [4.69, 9.17) is 16.7 Å². The molecule has 0 radical (unpaired) electrons. The Morgan fingerprint density at radius 2 is 2.44 bits per heavy atom. The average Bonchev–Trinajstić information content (AvgIpc) is 2.75. The summed E-state index contributed by atoms with van der Waals surface area (Å²) in [5.41, 5.74) is 0.894. The van der Waals surface area contributed by atoms with Crippen LogP contribution in [0.2, 0.25) is 4.34 Å². The molecule has 0 aromatic carbocycles. The Morgan fingerprint density at radius 3 is 3.00 bits per heavy atom. The summed E-state index contributed by atoms with van der Waals surface area (Å²) >= 11 is 7.34. The first-order valence-electron chi connectivity index (χ1n) is 4.82. The van der Waals surface area contributed by atoms with E-state index in [0.717, 1.165) is 5.56 Å². The molecule has 1 fully saturated rings. The first kappa shape index (κ1) is 11.4. The number of aliphatic carboxylic acids is 1. The summed E-state index contributed by atoms with van der Waals surface area (Å²) in [6.07, 6.45) is 0.535. The van der Waals surface area contributed by atoms with E-state index in [1.807, 2.05) is 11.4 Å². The molecular formula is C10H10ClNO3S. The van der Waals surface area contributed by atoms with E-state index in [-0.39, 0.29) is 18.4 Å². The van der Waals surface area contributed by atoms with Crippen LogP contribution in [0.15, 0.2) is 11.4 Å². The minimum atomic E-state index is -0.935. The van der Waals surface area contributed by atoms with Crippen molar-refractivity contribution in [3.05, 3.63) is 21.3 Å². The fraction of sp³-hybridized carbons (Fsp3) is 0.400. The molecule has 1 aliphatic rings. The van der Waals surface area contributed by atoms with E-state index in [1.165, 1.54) is 11.3 Å². The maximum Gasteiger partial charge on any atom is 0.309 e. The summed E-state index contributed by atoms with van der Waals surface area (Å²) in [7, 11) is 0. The van der Waals surface area contributed by atoms with Gasteiger partial charge in [0, 0.05) is 12.5 Å². The number of amides is 1. The Bertz CT molecular complexity index is 431. The topological polar surface area (TPSA) is 66.4 Å². The number of hydrogen-bond donors (Lipinski definition) is 2. The van der Waals surface area contributed by atoms with Crippen LogP contribution >= 0.6 is 22.9 Å². The maximum atomic E-state index is 11.2. The Balaban J connectivity index is 2.12. The van der Waals surface area contributed by atoms with Crippen molar-refractivity contribution in [1.82, 2.24) is 5.32 Å². The molecule has 2 unspecified atom stereocenters. The first-order chi connectivity index (χ1) is 7.58. The number of carboxylic acid groups (broad SMARTS) is 1. The minimum absolute atomic E-state index is 0.0573. The largest absolute Gasteiger partial charge is 0.481 e. The van der Waals surface area contributed by atoms with Gasteiger partial charge in [-0.1, -0.05) is 11.6 Å². The van der Waals surface area contributed by atoms with Crippen LogP contribution in [0.4, 0.5) is 0 Å². The molecule has 2 heterocycles.